The lowest BCUT2D eigenvalue weighted by Crippen LogP contribution is -2.25. The molecule has 0 amide bonds. The van der Waals surface area contributed by atoms with E-state index in [1.54, 1.807) is 0 Å². The van der Waals surface area contributed by atoms with Gasteiger partial charge in [-0.1, -0.05) is 11.6 Å². The van der Waals surface area contributed by atoms with E-state index in [1.165, 1.54) is 7.11 Å². The maximum Gasteiger partial charge on any atom is 0.306 e. The van der Waals surface area contributed by atoms with E-state index in [-0.39, 0.29) is 21.5 Å². The van der Waals surface area contributed by atoms with Crippen molar-refractivity contribution in [1.82, 2.24) is 4.72 Å². The molecule has 1 rings (SSSR count). The molecule has 0 aliphatic heterocycles. The van der Waals surface area contributed by atoms with E-state index < -0.39 is 26.6 Å². The number of nitrogens with one attached hydrogen (secondary N) is 1. The number of carbonyl (C=O) groups is 1. The van der Waals surface area contributed by atoms with Gasteiger partial charge in [0.1, 0.15) is 4.21 Å². The first-order valence-corrected chi connectivity index (χ1v) is 7.46. The van der Waals surface area contributed by atoms with Crippen LogP contribution in [0.5, 0.6) is 0 Å². The van der Waals surface area contributed by atoms with E-state index in [0.717, 1.165) is 6.07 Å². The largest absolute Gasteiger partial charge is 0.469 e. The van der Waals surface area contributed by atoms with Gasteiger partial charge in [-0.25, -0.2) is 13.1 Å². The average Bonchev–Trinajstić information content (AvgIpc) is 2.71. The summed E-state index contributed by atoms with van der Waals surface area (Å²) in [6.07, 6.45) is -0.142. The van der Waals surface area contributed by atoms with Crippen LogP contribution in [0.1, 0.15) is 6.42 Å². The van der Waals surface area contributed by atoms with Gasteiger partial charge in [-0.05, 0) is 0 Å². The Morgan fingerprint density at radius 1 is 1.63 bits per heavy atom. The zero-order valence-electron chi connectivity index (χ0n) is 9.58. The Hall–Kier alpha value is -1.23. The Balaban J connectivity index is 2.80. The fourth-order valence-corrected chi connectivity index (χ4v) is 3.80. The summed E-state index contributed by atoms with van der Waals surface area (Å²) in [4.78, 5) is 20.6. The number of thiophene rings is 1. The van der Waals surface area contributed by atoms with Crippen LogP contribution in [0.25, 0.3) is 0 Å². The molecule has 106 valence electrons. The van der Waals surface area contributed by atoms with E-state index in [0.29, 0.717) is 11.3 Å². The molecule has 8 nitrogen and oxygen atoms in total. The fourth-order valence-electron chi connectivity index (χ4n) is 1.06. The van der Waals surface area contributed by atoms with Gasteiger partial charge >= 0.3 is 5.97 Å². The van der Waals surface area contributed by atoms with Crippen molar-refractivity contribution in [2.45, 2.75) is 10.6 Å². The summed E-state index contributed by atoms with van der Waals surface area (Å²) in [5.74, 6) is -0.571. The molecule has 0 aliphatic rings. The monoisotopic (exact) mass is 328 g/mol. The van der Waals surface area contributed by atoms with Crippen LogP contribution in [-0.4, -0.2) is 33.0 Å². The number of esters is 1. The molecule has 0 fully saturated rings. The van der Waals surface area contributed by atoms with E-state index >= 15 is 0 Å². The van der Waals surface area contributed by atoms with Gasteiger partial charge in [0.2, 0.25) is 10.0 Å². The Kier molecular flexibility index (Phi) is 5.23. The molecule has 0 saturated carbocycles. The highest BCUT2D eigenvalue weighted by Crippen LogP contribution is 2.35. The standard InChI is InChI=1S/C8H9ClN2O6S2/c1-17-6(12)2-3-10-19(15,16)7-4-5(11(13)14)8(9)18-7/h4,10H,2-3H2,1H3. The van der Waals surface area contributed by atoms with Gasteiger partial charge in [0, 0.05) is 12.6 Å². The molecule has 0 bridgehead atoms. The third-order valence-corrected chi connectivity index (χ3v) is 5.23. The van der Waals surface area contributed by atoms with Gasteiger partial charge in [0.15, 0.2) is 4.34 Å². The molecule has 1 aromatic rings. The number of ether oxygens (including phenoxy) is 1. The van der Waals surface area contributed by atoms with Crippen molar-refractivity contribution >= 4 is 44.6 Å². The number of halogens is 1. The van der Waals surface area contributed by atoms with Crippen molar-refractivity contribution < 1.29 is 22.9 Å². The second kappa shape index (κ2) is 6.28. The zero-order valence-corrected chi connectivity index (χ0v) is 12.0. The van der Waals surface area contributed by atoms with Gasteiger partial charge in [-0.15, -0.1) is 11.3 Å². The summed E-state index contributed by atoms with van der Waals surface area (Å²) in [6, 6.07) is 0.869. The number of hydrogen-bond donors (Lipinski definition) is 1. The van der Waals surface area contributed by atoms with Crippen molar-refractivity contribution in [2.75, 3.05) is 13.7 Å². The van der Waals surface area contributed by atoms with Crippen LogP contribution in [0, 0.1) is 10.1 Å². The minimum absolute atomic E-state index is 0.142. The van der Waals surface area contributed by atoms with Crippen LogP contribution in [0.2, 0.25) is 4.34 Å². The summed E-state index contributed by atoms with van der Waals surface area (Å²) in [5.41, 5.74) is -0.472. The second-order valence-corrected chi connectivity index (χ2v) is 6.85. The lowest BCUT2D eigenvalue weighted by atomic mass is 10.4. The number of hydrogen-bond acceptors (Lipinski definition) is 7. The highest BCUT2D eigenvalue weighted by molar-refractivity contribution is 7.91. The van der Waals surface area contributed by atoms with Crippen molar-refractivity contribution in [3.63, 3.8) is 0 Å². The minimum atomic E-state index is -3.93. The molecule has 1 heterocycles. The number of nitro groups is 1. The molecular weight excluding hydrogens is 320 g/mol. The highest BCUT2D eigenvalue weighted by Gasteiger charge is 2.25. The zero-order chi connectivity index (χ0) is 14.6. The van der Waals surface area contributed by atoms with Crippen molar-refractivity contribution in [2.24, 2.45) is 0 Å². The van der Waals surface area contributed by atoms with Crippen LogP contribution >= 0.6 is 22.9 Å². The Labute approximate surface area is 117 Å². The van der Waals surface area contributed by atoms with Gasteiger partial charge in [-0.3, -0.25) is 14.9 Å². The van der Waals surface area contributed by atoms with Gasteiger partial charge in [-0.2, -0.15) is 0 Å². The van der Waals surface area contributed by atoms with Crippen molar-refractivity contribution in [3.8, 4) is 0 Å². The molecule has 1 N–H and O–H groups in total. The first-order valence-electron chi connectivity index (χ1n) is 4.78. The fraction of sp³-hybridized carbons (Fsp3) is 0.375. The summed E-state index contributed by atoms with van der Waals surface area (Å²) in [5, 5.41) is 10.6. The number of nitrogens with zero attached hydrogens (tertiary/aromatic N) is 1. The summed E-state index contributed by atoms with van der Waals surface area (Å²) < 4.78 is 29.5. The molecule has 0 spiro atoms. The van der Waals surface area contributed by atoms with Gasteiger partial charge in [0.25, 0.3) is 5.69 Å². The SMILES string of the molecule is COC(=O)CCNS(=O)(=O)c1cc([N+](=O)[O-])c(Cl)s1. The van der Waals surface area contributed by atoms with E-state index in [4.69, 9.17) is 11.6 Å². The molecule has 11 heteroatoms. The van der Waals surface area contributed by atoms with Crippen LogP contribution < -0.4 is 4.72 Å². The van der Waals surface area contributed by atoms with Crippen LogP contribution in [-0.2, 0) is 19.6 Å². The first kappa shape index (κ1) is 15.8. The topological polar surface area (TPSA) is 116 Å². The van der Waals surface area contributed by atoms with Gasteiger partial charge in [0.05, 0.1) is 18.5 Å². The second-order valence-electron chi connectivity index (χ2n) is 3.21. The molecule has 1 aromatic heterocycles. The number of rotatable bonds is 6. The molecular formula is C8H9ClN2O6S2. The van der Waals surface area contributed by atoms with E-state index in [2.05, 4.69) is 9.46 Å². The predicted octanol–water partition coefficient (Wildman–Crippen LogP) is 1.15. The molecule has 0 saturated heterocycles. The molecule has 0 atom stereocenters. The summed E-state index contributed by atoms with van der Waals surface area (Å²) in [6.45, 7) is -0.168. The summed E-state index contributed by atoms with van der Waals surface area (Å²) in [7, 11) is -2.75. The van der Waals surface area contributed by atoms with Crippen molar-refractivity contribution in [1.29, 1.82) is 0 Å². The lowest BCUT2D eigenvalue weighted by Gasteiger charge is -2.02. The lowest BCUT2D eigenvalue weighted by molar-refractivity contribution is -0.384. The average molecular weight is 329 g/mol. The Morgan fingerprint density at radius 3 is 2.74 bits per heavy atom. The van der Waals surface area contributed by atoms with Crippen LogP contribution in [0.4, 0.5) is 5.69 Å². The van der Waals surface area contributed by atoms with Crippen LogP contribution in [0.3, 0.4) is 0 Å². The maximum absolute atomic E-state index is 11.8. The molecule has 0 unspecified atom stereocenters. The Morgan fingerprint density at radius 2 is 2.26 bits per heavy atom. The number of methoxy groups -OCH3 is 1. The molecule has 19 heavy (non-hydrogen) atoms. The van der Waals surface area contributed by atoms with E-state index in [1.807, 2.05) is 0 Å². The third-order valence-electron chi connectivity index (χ3n) is 1.96. The third kappa shape index (κ3) is 4.13. The molecule has 0 aliphatic carbocycles. The number of sulfonamides is 1. The van der Waals surface area contributed by atoms with Crippen molar-refractivity contribution in [3.05, 3.63) is 20.5 Å². The molecule has 0 radical (unpaired) electrons. The molecule has 0 aromatic carbocycles. The minimum Gasteiger partial charge on any atom is -0.469 e. The normalized spacial score (nSPS) is 11.3. The highest BCUT2D eigenvalue weighted by atomic mass is 35.5. The summed E-state index contributed by atoms with van der Waals surface area (Å²) >= 11 is 6.13. The number of carbonyl (C=O) groups excluding carboxylic acids is 1. The Bertz CT molecular complexity index is 596. The smallest absolute Gasteiger partial charge is 0.306 e. The quantitative estimate of drug-likeness (QED) is 0.475. The van der Waals surface area contributed by atoms with Crippen LogP contribution in [0.15, 0.2) is 10.3 Å². The maximum atomic E-state index is 11.8. The first-order chi connectivity index (χ1) is 8.77. The predicted molar refractivity (Wildman–Crippen MR) is 67.8 cm³/mol. The van der Waals surface area contributed by atoms with Gasteiger partial charge < -0.3 is 4.74 Å². The van der Waals surface area contributed by atoms with E-state index in [9.17, 15) is 23.3 Å².